The van der Waals surface area contributed by atoms with Gasteiger partial charge in [-0.1, -0.05) is 24.3 Å². The van der Waals surface area contributed by atoms with Crippen molar-refractivity contribution in [2.75, 3.05) is 4.90 Å². The molecule has 0 radical (unpaired) electrons. The number of rotatable bonds is 6. The van der Waals surface area contributed by atoms with Crippen molar-refractivity contribution in [2.24, 2.45) is 0 Å². The van der Waals surface area contributed by atoms with Crippen LogP contribution in [-0.2, 0) is 0 Å². The number of ether oxygens (including phenoxy) is 1. The summed E-state index contributed by atoms with van der Waals surface area (Å²) in [4.78, 5) is 6.83. The van der Waals surface area contributed by atoms with Crippen LogP contribution in [0, 0.1) is 26.6 Å². The number of nitrogens with zero attached hydrogens (tertiary/aromatic N) is 3. The molecule has 1 saturated heterocycles. The first kappa shape index (κ1) is 25.8. The van der Waals surface area contributed by atoms with Crippen molar-refractivity contribution in [1.82, 2.24) is 14.9 Å². The van der Waals surface area contributed by atoms with E-state index in [1.165, 1.54) is 12.1 Å². The Hall–Kier alpha value is -4.49. The average Bonchev–Trinajstić information content (AvgIpc) is 3.46. The molecule has 3 aromatic carbocycles. The average molecular weight is 549 g/mol. The van der Waals surface area contributed by atoms with Gasteiger partial charge in [-0.25, -0.2) is 4.39 Å². The summed E-state index contributed by atoms with van der Waals surface area (Å²) in [5.74, 6) is 1.33. The maximum Gasteiger partial charge on any atom is 0.174 e. The third-order valence-corrected chi connectivity index (χ3v) is 7.72. The van der Waals surface area contributed by atoms with Crippen molar-refractivity contribution in [2.45, 2.75) is 32.9 Å². The molecule has 0 aliphatic carbocycles. The van der Waals surface area contributed by atoms with Crippen LogP contribution in [0.5, 0.6) is 11.5 Å². The van der Waals surface area contributed by atoms with E-state index < -0.39 is 0 Å². The molecule has 200 valence electrons. The number of hydrogen-bond donors (Lipinski definition) is 1. The molecule has 2 aromatic heterocycles. The molecule has 1 aliphatic heterocycles. The van der Waals surface area contributed by atoms with E-state index in [0.29, 0.717) is 5.11 Å². The molecular weight excluding hydrogens is 519 g/mol. The summed E-state index contributed by atoms with van der Waals surface area (Å²) in [6.07, 6.45) is 1.80. The maximum atomic E-state index is 13.7. The number of anilines is 1. The number of para-hydroxylation sites is 1. The number of hydrogen-bond acceptors (Lipinski definition) is 3. The van der Waals surface area contributed by atoms with E-state index in [4.69, 9.17) is 17.0 Å². The monoisotopic (exact) mass is 548 g/mol. The highest BCUT2D eigenvalue weighted by Crippen LogP contribution is 2.44. The minimum Gasteiger partial charge on any atom is -0.457 e. The fourth-order valence-electron chi connectivity index (χ4n) is 5.50. The Kier molecular flexibility index (Phi) is 6.82. The molecule has 40 heavy (non-hydrogen) atoms. The van der Waals surface area contributed by atoms with Gasteiger partial charge in [-0.15, -0.1) is 0 Å². The SMILES string of the molecule is Cc1ccccc1Oc1ccc(N2C(=S)NC(c3ccccn3)C2c2cc(C)n(-c3ccc(F)cc3)c2C)cc1. The van der Waals surface area contributed by atoms with Gasteiger partial charge in [0, 0.05) is 29.0 Å². The Balaban J connectivity index is 1.41. The van der Waals surface area contributed by atoms with Crippen LogP contribution in [-0.4, -0.2) is 14.7 Å². The normalized spacial score (nSPS) is 16.7. The van der Waals surface area contributed by atoms with E-state index in [0.717, 1.165) is 51.1 Å². The van der Waals surface area contributed by atoms with Crippen molar-refractivity contribution in [3.05, 3.63) is 137 Å². The summed E-state index contributed by atoms with van der Waals surface area (Å²) < 4.78 is 22.0. The Morgan fingerprint density at radius 2 is 1.55 bits per heavy atom. The molecule has 6 rings (SSSR count). The van der Waals surface area contributed by atoms with Crippen molar-refractivity contribution in [3.63, 3.8) is 0 Å². The van der Waals surface area contributed by atoms with Crippen LogP contribution >= 0.6 is 12.2 Å². The standard InChI is InChI=1S/C33H29FN4OS/c1-21-8-4-5-10-30(21)39-27-17-15-26(16-18-27)38-32(31(36-33(38)40)29-9-6-7-19-35-29)28-20-22(2)37(23(28)3)25-13-11-24(34)12-14-25/h4-20,31-32H,1-3H3,(H,36,40). The van der Waals surface area contributed by atoms with Crippen LogP contribution in [0.2, 0.25) is 0 Å². The van der Waals surface area contributed by atoms with Gasteiger partial charge < -0.3 is 19.5 Å². The minimum atomic E-state index is -0.256. The summed E-state index contributed by atoms with van der Waals surface area (Å²) in [6, 6.07) is 30.4. The molecule has 2 unspecified atom stereocenters. The van der Waals surface area contributed by atoms with E-state index in [-0.39, 0.29) is 17.9 Å². The lowest BCUT2D eigenvalue weighted by Crippen LogP contribution is -2.29. The predicted molar refractivity (Wildman–Crippen MR) is 161 cm³/mol. The first-order valence-corrected chi connectivity index (χ1v) is 13.6. The molecule has 0 bridgehead atoms. The molecule has 5 nitrogen and oxygen atoms in total. The number of halogens is 1. The summed E-state index contributed by atoms with van der Waals surface area (Å²) in [5, 5.41) is 4.16. The zero-order valence-corrected chi connectivity index (χ0v) is 23.3. The molecule has 7 heteroatoms. The van der Waals surface area contributed by atoms with Crippen molar-refractivity contribution >= 4 is 23.0 Å². The molecular formula is C33H29FN4OS. The van der Waals surface area contributed by atoms with Crippen LogP contribution in [0.4, 0.5) is 10.1 Å². The van der Waals surface area contributed by atoms with Gasteiger partial charge in [0.2, 0.25) is 0 Å². The van der Waals surface area contributed by atoms with Gasteiger partial charge in [-0.3, -0.25) is 4.98 Å². The van der Waals surface area contributed by atoms with Crippen LogP contribution < -0.4 is 15.0 Å². The van der Waals surface area contributed by atoms with Crippen LogP contribution in [0.25, 0.3) is 5.69 Å². The van der Waals surface area contributed by atoms with Crippen LogP contribution in [0.1, 0.15) is 40.3 Å². The highest BCUT2D eigenvalue weighted by atomic mass is 32.1. The van der Waals surface area contributed by atoms with Crippen molar-refractivity contribution in [1.29, 1.82) is 0 Å². The Labute approximate surface area is 238 Å². The van der Waals surface area contributed by atoms with E-state index in [1.807, 2.05) is 73.7 Å². The number of pyridine rings is 1. The predicted octanol–water partition coefficient (Wildman–Crippen LogP) is 7.91. The van der Waals surface area contributed by atoms with Gasteiger partial charge in [0.1, 0.15) is 17.3 Å². The number of nitrogens with one attached hydrogen (secondary N) is 1. The topological polar surface area (TPSA) is 42.3 Å². The largest absolute Gasteiger partial charge is 0.457 e. The van der Waals surface area contributed by atoms with E-state index >= 15 is 0 Å². The molecule has 0 spiro atoms. The van der Waals surface area contributed by atoms with Gasteiger partial charge >= 0.3 is 0 Å². The van der Waals surface area contributed by atoms with E-state index in [2.05, 4.69) is 39.7 Å². The number of benzene rings is 3. The zero-order valence-electron chi connectivity index (χ0n) is 22.5. The molecule has 0 saturated carbocycles. The fourth-order valence-corrected chi connectivity index (χ4v) is 5.84. The molecule has 3 heterocycles. The Morgan fingerprint density at radius 3 is 2.25 bits per heavy atom. The summed E-state index contributed by atoms with van der Waals surface area (Å²) >= 11 is 5.93. The number of aryl methyl sites for hydroxylation is 2. The van der Waals surface area contributed by atoms with Gasteiger partial charge in [-0.05, 0) is 117 Å². The summed E-state index contributed by atoms with van der Waals surface area (Å²) in [6.45, 7) is 6.20. The molecule has 0 amide bonds. The quantitative estimate of drug-likeness (QED) is 0.219. The van der Waals surface area contributed by atoms with E-state index in [9.17, 15) is 4.39 Å². The summed E-state index contributed by atoms with van der Waals surface area (Å²) in [7, 11) is 0. The second-order valence-electron chi connectivity index (χ2n) is 10.00. The van der Waals surface area contributed by atoms with Crippen LogP contribution in [0.3, 0.4) is 0 Å². The van der Waals surface area contributed by atoms with Crippen molar-refractivity contribution < 1.29 is 9.13 Å². The molecule has 2 atom stereocenters. The lowest BCUT2D eigenvalue weighted by Gasteiger charge is -2.28. The lowest BCUT2D eigenvalue weighted by molar-refractivity contribution is 0.479. The third-order valence-electron chi connectivity index (χ3n) is 7.41. The zero-order chi connectivity index (χ0) is 27.8. The van der Waals surface area contributed by atoms with Crippen molar-refractivity contribution in [3.8, 4) is 17.2 Å². The first-order valence-electron chi connectivity index (χ1n) is 13.2. The van der Waals surface area contributed by atoms with Gasteiger partial charge in [-0.2, -0.15) is 0 Å². The third kappa shape index (κ3) is 4.73. The molecule has 5 aromatic rings. The fraction of sp³-hybridized carbons (Fsp3) is 0.152. The van der Waals surface area contributed by atoms with Gasteiger partial charge in [0.05, 0.1) is 17.8 Å². The number of thiocarbonyl (C=S) groups is 1. The highest BCUT2D eigenvalue weighted by Gasteiger charge is 2.42. The molecule has 1 fully saturated rings. The Bertz CT molecular complexity index is 1670. The van der Waals surface area contributed by atoms with Crippen LogP contribution in [0.15, 0.2) is 103 Å². The van der Waals surface area contributed by atoms with Gasteiger partial charge in [0.25, 0.3) is 0 Å². The first-order chi connectivity index (χ1) is 19.4. The number of aromatic nitrogens is 2. The summed E-state index contributed by atoms with van der Waals surface area (Å²) in [5.41, 5.74) is 7.07. The highest BCUT2D eigenvalue weighted by molar-refractivity contribution is 7.80. The minimum absolute atomic E-state index is 0.161. The van der Waals surface area contributed by atoms with E-state index in [1.54, 1.807) is 18.3 Å². The smallest absolute Gasteiger partial charge is 0.174 e. The second kappa shape index (κ2) is 10.6. The molecule has 1 N–H and O–H groups in total. The Morgan fingerprint density at radius 1 is 0.850 bits per heavy atom. The van der Waals surface area contributed by atoms with Gasteiger partial charge in [0.15, 0.2) is 5.11 Å². The molecule has 1 aliphatic rings. The maximum absolute atomic E-state index is 13.7. The lowest BCUT2D eigenvalue weighted by atomic mass is 9.96. The second-order valence-corrected chi connectivity index (χ2v) is 10.4.